The van der Waals surface area contributed by atoms with Crippen molar-refractivity contribution >= 4 is 23.5 Å². The van der Waals surface area contributed by atoms with Gasteiger partial charge in [-0.1, -0.05) is 0 Å². The van der Waals surface area contributed by atoms with Crippen LogP contribution in [0.1, 0.15) is 19.8 Å². The third-order valence-corrected chi connectivity index (χ3v) is 2.18. The molecule has 104 valence electrons. The van der Waals surface area contributed by atoms with Crippen LogP contribution in [0.5, 0.6) is 0 Å². The van der Waals surface area contributed by atoms with Crippen molar-refractivity contribution in [3.8, 4) is 0 Å². The molecule has 8 nitrogen and oxygen atoms in total. The zero-order chi connectivity index (χ0) is 14.3. The molecule has 0 aliphatic rings. The molecule has 1 heterocycles. The van der Waals surface area contributed by atoms with Crippen LogP contribution in [0.3, 0.4) is 0 Å². The van der Waals surface area contributed by atoms with E-state index in [9.17, 15) is 14.4 Å². The third kappa shape index (κ3) is 4.88. The lowest BCUT2D eigenvalue weighted by atomic mass is 10.3. The van der Waals surface area contributed by atoms with Gasteiger partial charge in [-0.25, -0.2) is 9.79 Å². The van der Waals surface area contributed by atoms with Crippen LogP contribution in [-0.4, -0.2) is 40.2 Å². The average molecular weight is 268 g/mol. The van der Waals surface area contributed by atoms with Crippen LogP contribution in [-0.2, 0) is 4.79 Å². The van der Waals surface area contributed by atoms with Crippen LogP contribution in [0, 0.1) is 0 Å². The van der Waals surface area contributed by atoms with E-state index in [0.717, 1.165) is 6.21 Å². The maximum atomic E-state index is 11.6. The van der Waals surface area contributed by atoms with E-state index in [4.69, 9.17) is 5.11 Å². The van der Waals surface area contributed by atoms with Gasteiger partial charge in [0.15, 0.2) is 11.5 Å². The number of Topliss-reactive ketones (excluding diaryl/α,β-unsaturated/α-hetero) is 1. The van der Waals surface area contributed by atoms with Crippen LogP contribution >= 0.6 is 0 Å². The highest BCUT2D eigenvalue weighted by atomic mass is 16.3. The van der Waals surface area contributed by atoms with Gasteiger partial charge in [0.1, 0.15) is 5.82 Å². The Morgan fingerprint density at radius 2 is 2.11 bits per heavy atom. The topological polar surface area (TPSA) is 127 Å². The highest BCUT2D eigenvalue weighted by molar-refractivity contribution is 6.26. The number of hydrogen-bond acceptors (Lipinski definition) is 6. The minimum Gasteiger partial charge on any atom is -0.396 e. The van der Waals surface area contributed by atoms with E-state index in [2.05, 4.69) is 15.3 Å². The maximum Gasteiger partial charge on any atom is 0.327 e. The van der Waals surface area contributed by atoms with Crippen molar-refractivity contribution in [3.63, 3.8) is 0 Å². The number of rotatable bonds is 7. The number of aliphatic hydroxyl groups is 1. The van der Waals surface area contributed by atoms with Gasteiger partial charge in [0.25, 0.3) is 5.56 Å². The second-order valence-electron chi connectivity index (χ2n) is 3.86. The number of carbonyl (C=O) groups is 1. The molecule has 1 aromatic rings. The number of carbonyl (C=O) groups excluding carboxylic acids is 1. The Bertz CT molecular complexity index is 573. The zero-order valence-corrected chi connectivity index (χ0v) is 10.5. The predicted octanol–water partition coefficient (Wildman–Crippen LogP) is -0.461. The van der Waals surface area contributed by atoms with Crippen LogP contribution in [0.25, 0.3) is 0 Å². The van der Waals surface area contributed by atoms with Crippen LogP contribution < -0.4 is 16.6 Å². The van der Waals surface area contributed by atoms with Crippen molar-refractivity contribution in [2.45, 2.75) is 19.8 Å². The van der Waals surface area contributed by atoms with E-state index in [1.54, 1.807) is 0 Å². The summed E-state index contributed by atoms with van der Waals surface area (Å²) in [5.74, 6) is -0.152. The molecule has 0 saturated carbocycles. The van der Waals surface area contributed by atoms with E-state index in [1.165, 1.54) is 6.92 Å². The van der Waals surface area contributed by atoms with Crippen molar-refractivity contribution in [2.75, 3.05) is 18.5 Å². The van der Waals surface area contributed by atoms with E-state index >= 15 is 0 Å². The number of nitrogens with zero attached hydrogens (tertiary/aromatic N) is 1. The smallest absolute Gasteiger partial charge is 0.327 e. The molecule has 0 aliphatic heterocycles. The predicted molar refractivity (Wildman–Crippen MR) is 71.3 cm³/mol. The molecule has 0 aromatic carbocycles. The van der Waals surface area contributed by atoms with Crippen LogP contribution in [0.4, 0.5) is 11.5 Å². The molecule has 0 fully saturated rings. The van der Waals surface area contributed by atoms with Crippen molar-refractivity contribution in [2.24, 2.45) is 4.99 Å². The van der Waals surface area contributed by atoms with Crippen molar-refractivity contribution in [1.29, 1.82) is 0 Å². The number of H-pyrrole nitrogens is 2. The summed E-state index contributed by atoms with van der Waals surface area (Å²) < 4.78 is 0. The van der Waals surface area contributed by atoms with Gasteiger partial charge in [-0.2, -0.15) is 0 Å². The van der Waals surface area contributed by atoms with Crippen molar-refractivity contribution in [3.05, 3.63) is 20.8 Å². The number of nitrogens with one attached hydrogen (secondary N) is 3. The Balaban J connectivity index is 2.96. The molecule has 1 aromatic heterocycles. The summed E-state index contributed by atoms with van der Waals surface area (Å²) >= 11 is 0. The Hall–Kier alpha value is -2.22. The second kappa shape index (κ2) is 7.27. The minimum absolute atomic E-state index is 0.0567. The van der Waals surface area contributed by atoms with Gasteiger partial charge in [0.05, 0.1) is 6.21 Å². The second-order valence-corrected chi connectivity index (χ2v) is 3.86. The molecule has 8 heteroatoms. The van der Waals surface area contributed by atoms with Crippen LogP contribution in [0.15, 0.2) is 14.6 Å². The number of aliphatic hydroxyl groups excluding tert-OH is 1. The summed E-state index contributed by atoms with van der Waals surface area (Å²) in [7, 11) is 0. The highest BCUT2D eigenvalue weighted by Crippen LogP contribution is 2.14. The molecule has 19 heavy (non-hydrogen) atoms. The molecule has 0 saturated heterocycles. The van der Waals surface area contributed by atoms with Crippen LogP contribution in [0.2, 0.25) is 0 Å². The lowest BCUT2D eigenvalue weighted by molar-refractivity contribution is -0.110. The summed E-state index contributed by atoms with van der Waals surface area (Å²) in [5.41, 5.74) is -1.39. The third-order valence-electron chi connectivity index (χ3n) is 2.18. The van der Waals surface area contributed by atoms with Gasteiger partial charge >= 0.3 is 5.69 Å². The molecule has 0 spiro atoms. The fraction of sp³-hybridized carbons (Fsp3) is 0.455. The number of anilines is 1. The number of aromatic amines is 2. The molecular weight excluding hydrogens is 252 g/mol. The molecule has 0 atom stereocenters. The van der Waals surface area contributed by atoms with E-state index in [0.29, 0.717) is 19.4 Å². The summed E-state index contributed by atoms with van der Waals surface area (Å²) in [4.78, 5) is 41.8. The van der Waals surface area contributed by atoms with Crippen molar-refractivity contribution < 1.29 is 9.90 Å². The summed E-state index contributed by atoms with van der Waals surface area (Å²) in [6.07, 6.45) is 2.27. The lowest BCUT2D eigenvalue weighted by Crippen LogP contribution is -2.24. The average Bonchev–Trinajstić information content (AvgIpc) is 2.33. The molecule has 0 radical (unpaired) electrons. The molecule has 0 unspecified atom stereocenters. The fourth-order valence-electron chi connectivity index (χ4n) is 1.34. The highest BCUT2D eigenvalue weighted by Gasteiger charge is 2.07. The van der Waals surface area contributed by atoms with Gasteiger partial charge in [-0.3, -0.25) is 19.6 Å². The maximum absolute atomic E-state index is 11.6. The largest absolute Gasteiger partial charge is 0.396 e. The number of aliphatic imine (C=N–C) groups is 1. The summed E-state index contributed by atoms with van der Waals surface area (Å²) in [5, 5.41) is 11.5. The Morgan fingerprint density at radius 3 is 2.74 bits per heavy atom. The SMILES string of the molecule is CC(=O)C=Nc1c(NCCCCO)[nH]c(=O)[nH]c1=O. The minimum atomic E-state index is -0.675. The number of unbranched alkanes of at least 4 members (excludes halogenated alkanes) is 1. The Labute approximate surface area is 108 Å². The summed E-state index contributed by atoms with van der Waals surface area (Å²) in [6.45, 7) is 1.84. The Morgan fingerprint density at radius 1 is 1.37 bits per heavy atom. The van der Waals surface area contributed by atoms with Gasteiger partial charge in [0.2, 0.25) is 0 Å². The monoisotopic (exact) mass is 268 g/mol. The normalized spacial score (nSPS) is 10.8. The first-order valence-corrected chi connectivity index (χ1v) is 5.80. The molecule has 0 amide bonds. The Kier molecular flexibility index (Phi) is 5.68. The fourth-order valence-corrected chi connectivity index (χ4v) is 1.34. The number of hydrogen-bond donors (Lipinski definition) is 4. The van der Waals surface area contributed by atoms with Gasteiger partial charge in [0, 0.05) is 20.1 Å². The van der Waals surface area contributed by atoms with E-state index < -0.39 is 11.2 Å². The van der Waals surface area contributed by atoms with Crippen molar-refractivity contribution in [1.82, 2.24) is 9.97 Å². The van der Waals surface area contributed by atoms with E-state index in [1.807, 2.05) is 4.98 Å². The number of ketones is 1. The molecular formula is C11H16N4O4. The molecule has 4 N–H and O–H groups in total. The van der Waals surface area contributed by atoms with Gasteiger partial charge < -0.3 is 10.4 Å². The molecule has 1 rings (SSSR count). The van der Waals surface area contributed by atoms with E-state index in [-0.39, 0.29) is 23.9 Å². The molecule has 0 aliphatic carbocycles. The molecule has 0 bridgehead atoms. The quantitative estimate of drug-likeness (QED) is 0.393. The lowest BCUT2D eigenvalue weighted by Gasteiger charge is -2.07. The standard InChI is InChI=1S/C11H16N4O4/c1-7(17)6-13-8-9(12-4-2-3-5-16)14-11(19)15-10(8)18/h6,16H,2-5H2,1H3,(H3,12,14,15,18,19). The summed E-state index contributed by atoms with van der Waals surface area (Å²) in [6, 6.07) is 0. The first kappa shape index (κ1) is 14.8. The first-order chi connectivity index (χ1) is 9.04. The zero-order valence-electron chi connectivity index (χ0n) is 10.5. The number of aromatic nitrogens is 2. The van der Waals surface area contributed by atoms with Gasteiger partial charge in [-0.05, 0) is 12.8 Å². The van der Waals surface area contributed by atoms with Gasteiger partial charge in [-0.15, -0.1) is 0 Å². The first-order valence-electron chi connectivity index (χ1n) is 5.80.